The summed E-state index contributed by atoms with van der Waals surface area (Å²) in [4.78, 5) is 3.98. The van der Waals surface area contributed by atoms with Crippen molar-refractivity contribution < 1.29 is 5.11 Å². The van der Waals surface area contributed by atoms with E-state index in [-0.39, 0.29) is 11.3 Å². The molecule has 2 aromatic rings. The fraction of sp³-hybridized carbons (Fsp3) is 0.529. The van der Waals surface area contributed by atoms with Crippen LogP contribution < -0.4 is 0 Å². The zero-order valence-electron chi connectivity index (χ0n) is 13.0. The van der Waals surface area contributed by atoms with E-state index < -0.39 is 5.60 Å². The van der Waals surface area contributed by atoms with Crippen LogP contribution in [0.4, 0.5) is 0 Å². The quantitative estimate of drug-likeness (QED) is 0.940. The maximum Gasteiger partial charge on any atom is 0.137 e. The van der Waals surface area contributed by atoms with Crippen LogP contribution in [0.3, 0.4) is 0 Å². The average Bonchev–Trinajstić information content (AvgIpc) is 2.99. The standard InChI is InChI=1S/C17H22ClN3O/c1-16(2)8-14(7-13-3-5-15(18)6-4-13)17(22,9-16)10-21-12-19-11-20-21/h3-6,11-12,14,22H,7-10H2,1-2H3/t14-,17-/m1/s1. The number of halogens is 1. The van der Waals surface area contributed by atoms with Crippen LogP contribution in [-0.4, -0.2) is 25.5 Å². The highest BCUT2D eigenvalue weighted by Crippen LogP contribution is 2.49. The first-order chi connectivity index (χ1) is 10.4. The fourth-order valence-electron chi connectivity index (χ4n) is 3.85. The average molecular weight is 320 g/mol. The number of aromatic nitrogens is 3. The van der Waals surface area contributed by atoms with Crippen molar-refractivity contribution in [2.24, 2.45) is 11.3 Å². The van der Waals surface area contributed by atoms with Crippen LogP contribution in [-0.2, 0) is 13.0 Å². The predicted molar refractivity (Wildman–Crippen MR) is 86.6 cm³/mol. The summed E-state index contributed by atoms with van der Waals surface area (Å²) >= 11 is 5.96. The molecule has 1 aromatic heterocycles. The number of aliphatic hydroxyl groups is 1. The smallest absolute Gasteiger partial charge is 0.137 e. The molecule has 1 N–H and O–H groups in total. The summed E-state index contributed by atoms with van der Waals surface area (Å²) < 4.78 is 1.73. The molecule has 3 rings (SSSR count). The number of rotatable bonds is 4. The lowest BCUT2D eigenvalue weighted by atomic mass is 9.85. The van der Waals surface area contributed by atoms with Gasteiger partial charge in [0.2, 0.25) is 0 Å². The van der Waals surface area contributed by atoms with Gasteiger partial charge in [0.05, 0.1) is 12.1 Å². The molecule has 1 fully saturated rings. The van der Waals surface area contributed by atoms with E-state index in [1.165, 1.54) is 11.9 Å². The molecule has 0 amide bonds. The molecular weight excluding hydrogens is 298 g/mol. The van der Waals surface area contributed by atoms with Crippen LogP contribution in [0.2, 0.25) is 5.02 Å². The van der Waals surface area contributed by atoms with Crippen molar-refractivity contribution >= 4 is 11.6 Å². The van der Waals surface area contributed by atoms with Crippen molar-refractivity contribution in [2.45, 2.75) is 45.3 Å². The largest absolute Gasteiger partial charge is 0.388 e. The van der Waals surface area contributed by atoms with Crippen LogP contribution in [0, 0.1) is 11.3 Å². The summed E-state index contributed by atoms with van der Waals surface area (Å²) in [6, 6.07) is 7.91. The molecule has 0 bridgehead atoms. The molecular formula is C17H22ClN3O. The Bertz CT molecular complexity index is 624. The second-order valence-electron chi connectivity index (χ2n) is 7.27. The first-order valence-electron chi connectivity index (χ1n) is 7.66. The minimum atomic E-state index is -0.753. The summed E-state index contributed by atoms with van der Waals surface area (Å²) in [5.41, 5.74) is 0.590. The molecule has 118 valence electrons. The van der Waals surface area contributed by atoms with Gasteiger partial charge in [-0.1, -0.05) is 37.6 Å². The van der Waals surface area contributed by atoms with E-state index in [9.17, 15) is 5.11 Å². The molecule has 4 nitrogen and oxygen atoms in total. The van der Waals surface area contributed by atoms with Crippen LogP contribution >= 0.6 is 11.6 Å². The van der Waals surface area contributed by atoms with Crippen molar-refractivity contribution in [3.8, 4) is 0 Å². The Morgan fingerprint density at radius 2 is 2.05 bits per heavy atom. The molecule has 0 aliphatic heterocycles. The summed E-state index contributed by atoms with van der Waals surface area (Å²) in [6.45, 7) is 4.94. The Morgan fingerprint density at radius 1 is 1.32 bits per heavy atom. The first-order valence-corrected chi connectivity index (χ1v) is 8.03. The van der Waals surface area contributed by atoms with Crippen LogP contribution in [0.15, 0.2) is 36.9 Å². The van der Waals surface area contributed by atoms with E-state index in [4.69, 9.17) is 11.6 Å². The lowest BCUT2D eigenvalue weighted by Crippen LogP contribution is -2.39. The Balaban J connectivity index is 1.81. The van der Waals surface area contributed by atoms with Gasteiger partial charge in [-0.15, -0.1) is 0 Å². The third kappa shape index (κ3) is 3.33. The fourth-order valence-corrected chi connectivity index (χ4v) is 3.98. The third-order valence-electron chi connectivity index (χ3n) is 4.64. The second kappa shape index (κ2) is 5.67. The van der Waals surface area contributed by atoms with Crippen molar-refractivity contribution in [3.05, 3.63) is 47.5 Å². The Labute approximate surface area is 136 Å². The van der Waals surface area contributed by atoms with E-state index in [1.807, 2.05) is 24.3 Å². The lowest BCUT2D eigenvalue weighted by Gasteiger charge is -2.30. The van der Waals surface area contributed by atoms with Gasteiger partial charge in [-0.25, -0.2) is 4.98 Å². The van der Waals surface area contributed by atoms with Crippen molar-refractivity contribution in [1.29, 1.82) is 0 Å². The Morgan fingerprint density at radius 3 is 2.68 bits per heavy atom. The topological polar surface area (TPSA) is 50.9 Å². The van der Waals surface area contributed by atoms with Crippen LogP contribution in [0.5, 0.6) is 0 Å². The van der Waals surface area contributed by atoms with E-state index in [0.29, 0.717) is 6.54 Å². The first kappa shape index (κ1) is 15.5. The van der Waals surface area contributed by atoms with Gasteiger partial charge in [0.15, 0.2) is 0 Å². The van der Waals surface area contributed by atoms with E-state index in [2.05, 4.69) is 23.9 Å². The molecule has 1 aromatic carbocycles. The van der Waals surface area contributed by atoms with Gasteiger partial charge in [0, 0.05) is 5.02 Å². The highest BCUT2D eigenvalue weighted by molar-refractivity contribution is 6.30. The van der Waals surface area contributed by atoms with Gasteiger partial charge in [-0.2, -0.15) is 5.10 Å². The van der Waals surface area contributed by atoms with Gasteiger partial charge < -0.3 is 5.11 Å². The Kier molecular flexibility index (Phi) is 4.00. The predicted octanol–water partition coefficient (Wildman–Crippen LogP) is 3.34. The van der Waals surface area contributed by atoms with E-state index in [1.54, 1.807) is 11.0 Å². The highest BCUT2D eigenvalue weighted by Gasteiger charge is 2.49. The summed E-state index contributed by atoms with van der Waals surface area (Å²) in [7, 11) is 0. The Hall–Kier alpha value is -1.39. The minimum Gasteiger partial charge on any atom is -0.388 e. The van der Waals surface area contributed by atoms with E-state index in [0.717, 1.165) is 24.3 Å². The van der Waals surface area contributed by atoms with Crippen molar-refractivity contribution in [1.82, 2.24) is 14.8 Å². The molecule has 0 radical (unpaired) electrons. The summed E-state index contributed by atoms with van der Waals surface area (Å²) in [6.07, 6.45) is 5.81. The van der Waals surface area contributed by atoms with Gasteiger partial charge in [-0.3, -0.25) is 4.68 Å². The molecule has 1 aliphatic rings. The number of hydrogen-bond acceptors (Lipinski definition) is 3. The molecule has 1 saturated carbocycles. The molecule has 1 heterocycles. The van der Waals surface area contributed by atoms with Gasteiger partial charge >= 0.3 is 0 Å². The monoisotopic (exact) mass is 319 g/mol. The van der Waals surface area contributed by atoms with Gasteiger partial charge in [-0.05, 0) is 48.3 Å². The lowest BCUT2D eigenvalue weighted by molar-refractivity contribution is -0.0206. The van der Waals surface area contributed by atoms with Crippen LogP contribution in [0.25, 0.3) is 0 Å². The number of hydrogen-bond donors (Lipinski definition) is 1. The van der Waals surface area contributed by atoms with Crippen LogP contribution in [0.1, 0.15) is 32.3 Å². The maximum atomic E-state index is 11.3. The second-order valence-corrected chi connectivity index (χ2v) is 7.71. The van der Waals surface area contributed by atoms with E-state index >= 15 is 0 Å². The zero-order valence-corrected chi connectivity index (χ0v) is 13.8. The number of nitrogens with zero attached hydrogens (tertiary/aromatic N) is 3. The normalized spacial score (nSPS) is 27.2. The third-order valence-corrected chi connectivity index (χ3v) is 4.89. The van der Waals surface area contributed by atoms with Crippen molar-refractivity contribution in [3.63, 3.8) is 0 Å². The zero-order chi connectivity index (χ0) is 15.8. The summed E-state index contributed by atoms with van der Waals surface area (Å²) in [5.74, 6) is 0.202. The maximum absolute atomic E-state index is 11.3. The van der Waals surface area contributed by atoms with Crippen molar-refractivity contribution in [2.75, 3.05) is 0 Å². The molecule has 22 heavy (non-hydrogen) atoms. The molecule has 0 spiro atoms. The molecule has 0 unspecified atom stereocenters. The highest BCUT2D eigenvalue weighted by atomic mass is 35.5. The number of benzene rings is 1. The van der Waals surface area contributed by atoms with Gasteiger partial charge in [0.25, 0.3) is 0 Å². The molecule has 2 atom stereocenters. The molecule has 0 saturated heterocycles. The summed E-state index contributed by atoms with van der Waals surface area (Å²) in [5, 5.41) is 16.2. The van der Waals surface area contributed by atoms with Gasteiger partial charge in [0.1, 0.15) is 12.7 Å². The molecule has 1 aliphatic carbocycles. The molecule has 5 heteroatoms. The SMILES string of the molecule is CC1(C)C[C@@H](Cc2ccc(Cl)cc2)[C@](O)(Cn2cncn2)C1. The minimum absolute atomic E-state index is 0.131.